The molecule has 0 aromatic heterocycles. The SMILES string of the molecule is O=C(O)CCCCCON1C(=O)c2ccccc2C1=O. The van der Waals surface area contributed by atoms with Crippen LogP contribution in [0.25, 0.3) is 0 Å². The van der Waals surface area contributed by atoms with Crippen molar-refractivity contribution in [3.05, 3.63) is 35.4 Å². The number of carboxylic acids is 1. The van der Waals surface area contributed by atoms with Gasteiger partial charge in [0.1, 0.15) is 0 Å². The fourth-order valence-electron chi connectivity index (χ4n) is 2.00. The standard InChI is InChI=1S/C14H15NO5/c16-12(17)8-2-1-5-9-20-15-13(18)10-6-3-4-7-11(10)14(15)19/h3-4,6-7H,1-2,5,8-9H2,(H,16,17). The third-order valence-electron chi connectivity index (χ3n) is 3.01. The molecule has 2 rings (SSSR count). The number of unbranched alkanes of at least 4 members (excludes halogenated alkanes) is 2. The largest absolute Gasteiger partial charge is 0.481 e. The molecule has 0 unspecified atom stereocenters. The zero-order chi connectivity index (χ0) is 14.5. The summed E-state index contributed by atoms with van der Waals surface area (Å²) in [5, 5.41) is 9.26. The van der Waals surface area contributed by atoms with Gasteiger partial charge in [-0.25, -0.2) is 0 Å². The van der Waals surface area contributed by atoms with Crippen molar-refractivity contribution >= 4 is 17.8 Å². The molecule has 1 heterocycles. The van der Waals surface area contributed by atoms with Gasteiger partial charge in [-0.15, -0.1) is 5.06 Å². The highest BCUT2D eigenvalue weighted by molar-refractivity contribution is 6.20. The van der Waals surface area contributed by atoms with Gasteiger partial charge in [-0.2, -0.15) is 0 Å². The van der Waals surface area contributed by atoms with Crippen molar-refractivity contribution in [2.24, 2.45) is 0 Å². The van der Waals surface area contributed by atoms with E-state index in [1.165, 1.54) is 0 Å². The van der Waals surface area contributed by atoms with Crippen molar-refractivity contribution in [2.75, 3.05) is 6.61 Å². The van der Waals surface area contributed by atoms with Crippen LogP contribution in [0, 0.1) is 0 Å². The maximum absolute atomic E-state index is 11.9. The smallest absolute Gasteiger partial charge is 0.303 e. The van der Waals surface area contributed by atoms with Gasteiger partial charge in [0.05, 0.1) is 17.7 Å². The molecule has 0 bridgehead atoms. The number of hydrogen-bond donors (Lipinski definition) is 1. The number of carbonyl (C=O) groups excluding carboxylic acids is 2. The van der Waals surface area contributed by atoms with E-state index in [1.807, 2.05) is 0 Å². The molecule has 1 aliphatic heterocycles. The highest BCUT2D eigenvalue weighted by Gasteiger charge is 2.36. The lowest BCUT2D eigenvalue weighted by Gasteiger charge is -2.12. The van der Waals surface area contributed by atoms with Crippen LogP contribution in [0.5, 0.6) is 0 Å². The first-order valence-electron chi connectivity index (χ1n) is 6.44. The number of carbonyl (C=O) groups is 3. The molecule has 0 spiro atoms. The number of hydrogen-bond acceptors (Lipinski definition) is 4. The van der Waals surface area contributed by atoms with E-state index in [2.05, 4.69) is 0 Å². The van der Waals surface area contributed by atoms with E-state index in [4.69, 9.17) is 9.94 Å². The van der Waals surface area contributed by atoms with Gasteiger partial charge in [0.2, 0.25) is 0 Å². The van der Waals surface area contributed by atoms with Crippen molar-refractivity contribution in [1.29, 1.82) is 0 Å². The third-order valence-corrected chi connectivity index (χ3v) is 3.01. The summed E-state index contributed by atoms with van der Waals surface area (Å²) in [7, 11) is 0. The number of benzene rings is 1. The monoisotopic (exact) mass is 277 g/mol. The Balaban J connectivity index is 1.79. The molecule has 106 valence electrons. The number of hydroxylamine groups is 2. The van der Waals surface area contributed by atoms with Crippen molar-refractivity contribution in [3.63, 3.8) is 0 Å². The van der Waals surface area contributed by atoms with Crippen LogP contribution in [0.2, 0.25) is 0 Å². The zero-order valence-corrected chi connectivity index (χ0v) is 10.9. The molecule has 2 amide bonds. The molecule has 1 N–H and O–H groups in total. The summed E-state index contributed by atoms with van der Waals surface area (Å²) in [6.07, 6.45) is 1.95. The number of rotatable bonds is 7. The van der Waals surface area contributed by atoms with Gasteiger partial charge in [0, 0.05) is 6.42 Å². The third kappa shape index (κ3) is 3.03. The minimum absolute atomic E-state index is 0.118. The van der Waals surface area contributed by atoms with Gasteiger partial charge < -0.3 is 5.11 Å². The molecule has 0 fully saturated rings. The molecule has 0 radical (unpaired) electrons. The molecular formula is C14H15NO5. The number of amides is 2. The first-order valence-corrected chi connectivity index (χ1v) is 6.44. The summed E-state index contributed by atoms with van der Waals surface area (Å²) in [5.74, 6) is -1.72. The second kappa shape index (κ2) is 6.29. The maximum Gasteiger partial charge on any atom is 0.303 e. The lowest BCUT2D eigenvalue weighted by atomic mass is 10.1. The van der Waals surface area contributed by atoms with E-state index in [9.17, 15) is 14.4 Å². The maximum atomic E-state index is 11.9. The topological polar surface area (TPSA) is 83.9 Å². The number of imide groups is 1. The molecule has 1 aromatic rings. The first kappa shape index (κ1) is 14.2. The van der Waals surface area contributed by atoms with Gasteiger partial charge in [-0.1, -0.05) is 18.6 Å². The number of aliphatic carboxylic acids is 1. The Morgan fingerprint density at radius 3 is 2.20 bits per heavy atom. The first-order chi connectivity index (χ1) is 9.61. The Morgan fingerprint density at radius 1 is 1.05 bits per heavy atom. The summed E-state index contributed by atoms with van der Waals surface area (Å²) in [5.41, 5.74) is 0.701. The van der Waals surface area contributed by atoms with Crippen LogP contribution in [0.3, 0.4) is 0 Å². The summed E-state index contributed by atoms with van der Waals surface area (Å²) < 4.78 is 0. The molecule has 1 aliphatic rings. The molecule has 20 heavy (non-hydrogen) atoms. The van der Waals surface area contributed by atoms with Crippen LogP contribution in [-0.2, 0) is 9.63 Å². The Bertz CT molecular complexity index is 505. The Kier molecular flexibility index (Phi) is 4.47. The highest BCUT2D eigenvalue weighted by Crippen LogP contribution is 2.22. The van der Waals surface area contributed by atoms with Crippen molar-refractivity contribution in [2.45, 2.75) is 25.7 Å². The van der Waals surface area contributed by atoms with E-state index < -0.39 is 17.8 Å². The molecule has 0 saturated heterocycles. The van der Waals surface area contributed by atoms with E-state index in [0.717, 1.165) is 5.06 Å². The lowest BCUT2D eigenvalue weighted by molar-refractivity contribution is -0.137. The minimum atomic E-state index is -0.828. The van der Waals surface area contributed by atoms with Gasteiger partial charge in [-0.05, 0) is 25.0 Å². The van der Waals surface area contributed by atoms with E-state index in [-0.39, 0.29) is 13.0 Å². The molecule has 6 nitrogen and oxygen atoms in total. The minimum Gasteiger partial charge on any atom is -0.481 e. The Hall–Kier alpha value is -2.21. The fourth-order valence-corrected chi connectivity index (χ4v) is 2.00. The zero-order valence-electron chi connectivity index (χ0n) is 10.9. The normalized spacial score (nSPS) is 13.7. The average Bonchev–Trinajstić information content (AvgIpc) is 2.67. The molecular weight excluding hydrogens is 262 g/mol. The van der Waals surface area contributed by atoms with Crippen LogP contribution in [0.1, 0.15) is 46.4 Å². The van der Waals surface area contributed by atoms with Crippen LogP contribution in [0.4, 0.5) is 0 Å². The Morgan fingerprint density at radius 2 is 1.65 bits per heavy atom. The second-order valence-electron chi connectivity index (χ2n) is 4.49. The van der Waals surface area contributed by atoms with Gasteiger partial charge in [0.15, 0.2) is 0 Å². The van der Waals surface area contributed by atoms with Gasteiger partial charge >= 0.3 is 5.97 Å². The van der Waals surface area contributed by atoms with Crippen LogP contribution in [0.15, 0.2) is 24.3 Å². The summed E-state index contributed by atoms with van der Waals surface area (Å²) >= 11 is 0. The van der Waals surface area contributed by atoms with Crippen LogP contribution in [-0.4, -0.2) is 34.6 Å². The summed E-state index contributed by atoms with van der Waals surface area (Å²) in [6.45, 7) is 0.213. The number of carboxylic acid groups (broad SMARTS) is 1. The van der Waals surface area contributed by atoms with Crippen LogP contribution < -0.4 is 0 Å². The van der Waals surface area contributed by atoms with Gasteiger partial charge in [0.25, 0.3) is 11.8 Å². The van der Waals surface area contributed by atoms with Crippen LogP contribution >= 0.6 is 0 Å². The lowest BCUT2D eigenvalue weighted by Crippen LogP contribution is -2.30. The average molecular weight is 277 g/mol. The predicted molar refractivity (Wildman–Crippen MR) is 69.0 cm³/mol. The molecule has 0 atom stereocenters. The number of nitrogens with zero attached hydrogens (tertiary/aromatic N) is 1. The molecule has 0 saturated carbocycles. The quantitative estimate of drug-likeness (QED) is 0.607. The van der Waals surface area contributed by atoms with Crippen molar-refractivity contribution < 1.29 is 24.3 Å². The summed E-state index contributed by atoms with van der Waals surface area (Å²) in [6, 6.07) is 6.57. The van der Waals surface area contributed by atoms with Crippen molar-refractivity contribution in [3.8, 4) is 0 Å². The van der Waals surface area contributed by atoms with Crippen molar-refractivity contribution in [1.82, 2.24) is 5.06 Å². The second-order valence-corrected chi connectivity index (χ2v) is 4.49. The van der Waals surface area contributed by atoms with Gasteiger partial charge in [-0.3, -0.25) is 19.2 Å². The predicted octanol–water partition coefficient (Wildman–Crippen LogP) is 1.86. The fraction of sp³-hybridized carbons (Fsp3) is 0.357. The summed E-state index contributed by atoms with van der Waals surface area (Å²) in [4.78, 5) is 39.4. The highest BCUT2D eigenvalue weighted by atomic mass is 16.7. The van der Waals surface area contributed by atoms with E-state index in [1.54, 1.807) is 24.3 Å². The van der Waals surface area contributed by atoms with E-state index >= 15 is 0 Å². The number of fused-ring (bicyclic) bond motifs is 1. The molecule has 6 heteroatoms. The molecule has 1 aromatic carbocycles. The van der Waals surface area contributed by atoms with E-state index in [0.29, 0.717) is 30.4 Å². The molecule has 0 aliphatic carbocycles. The Labute approximate surface area is 115 Å².